The molecule has 0 N–H and O–H groups in total. The van der Waals surface area contributed by atoms with E-state index < -0.39 is 0 Å². The first-order chi connectivity index (χ1) is 8.74. The first kappa shape index (κ1) is 11.7. The molecule has 1 aliphatic carbocycles. The number of halogens is 1. The van der Waals surface area contributed by atoms with Gasteiger partial charge in [0.15, 0.2) is 0 Å². The van der Waals surface area contributed by atoms with E-state index in [1.807, 2.05) is 0 Å². The van der Waals surface area contributed by atoms with Gasteiger partial charge in [-0.05, 0) is 32.6 Å². The van der Waals surface area contributed by atoms with Gasteiger partial charge in [-0.3, -0.25) is 4.98 Å². The molecule has 0 atom stereocenters. The number of aromatic nitrogens is 4. The maximum Gasteiger partial charge on any atom is 0.147 e. The molecular formula is C13H15ClN4. The molecule has 0 saturated carbocycles. The molecule has 0 spiro atoms. The van der Waals surface area contributed by atoms with Gasteiger partial charge < -0.3 is 4.57 Å². The van der Waals surface area contributed by atoms with Crippen molar-refractivity contribution >= 4 is 11.6 Å². The van der Waals surface area contributed by atoms with E-state index in [4.69, 9.17) is 11.6 Å². The molecule has 0 fully saturated rings. The highest BCUT2D eigenvalue weighted by Gasteiger charge is 2.18. The Morgan fingerprint density at radius 3 is 2.83 bits per heavy atom. The summed E-state index contributed by atoms with van der Waals surface area (Å²) < 4.78 is 2.26. The summed E-state index contributed by atoms with van der Waals surface area (Å²) in [5.74, 6) is 1.07. The summed E-state index contributed by atoms with van der Waals surface area (Å²) in [6, 6.07) is 0. The van der Waals surface area contributed by atoms with E-state index in [-0.39, 0.29) is 0 Å². The van der Waals surface area contributed by atoms with Crippen LogP contribution in [0.25, 0.3) is 0 Å². The van der Waals surface area contributed by atoms with Gasteiger partial charge >= 0.3 is 0 Å². The predicted molar refractivity (Wildman–Crippen MR) is 69.8 cm³/mol. The summed E-state index contributed by atoms with van der Waals surface area (Å²) in [5, 5.41) is 0.433. The Balaban J connectivity index is 1.92. The summed E-state index contributed by atoms with van der Waals surface area (Å²) in [6.07, 6.45) is 8.06. The molecule has 1 aliphatic rings. The van der Waals surface area contributed by atoms with Crippen LogP contribution in [-0.4, -0.2) is 19.5 Å². The Hall–Kier alpha value is -1.42. The van der Waals surface area contributed by atoms with Crippen LogP contribution in [0.3, 0.4) is 0 Å². The molecule has 2 heterocycles. The highest BCUT2D eigenvalue weighted by atomic mass is 35.5. The maximum absolute atomic E-state index is 5.75. The van der Waals surface area contributed by atoms with Gasteiger partial charge in [-0.25, -0.2) is 9.97 Å². The smallest absolute Gasteiger partial charge is 0.147 e. The second kappa shape index (κ2) is 4.69. The Kier molecular flexibility index (Phi) is 3.04. The van der Waals surface area contributed by atoms with E-state index in [2.05, 4.69) is 26.4 Å². The van der Waals surface area contributed by atoms with Crippen LogP contribution >= 0.6 is 11.6 Å². The van der Waals surface area contributed by atoms with Crippen molar-refractivity contribution in [2.24, 2.45) is 0 Å². The van der Waals surface area contributed by atoms with E-state index >= 15 is 0 Å². The third kappa shape index (κ3) is 2.12. The Morgan fingerprint density at radius 1 is 1.22 bits per heavy atom. The standard InChI is InChI=1S/C13H15ClN4/c1-9-17-11-4-2-3-5-12(11)18(9)8-10-6-16-13(14)7-15-10/h6-7H,2-5,8H2,1H3. The van der Waals surface area contributed by atoms with Crippen molar-refractivity contribution in [3.63, 3.8) is 0 Å². The third-order valence-corrected chi connectivity index (χ3v) is 3.61. The highest BCUT2D eigenvalue weighted by Crippen LogP contribution is 2.22. The SMILES string of the molecule is Cc1nc2c(n1Cc1cnc(Cl)cn1)CCCC2. The van der Waals surface area contributed by atoms with Gasteiger partial charge in [-0.1, -0.05) is 11.6 Å². The zero-order valence-electron chi connectivity index (χ0n) is 10.4. The monoisotopic (exact) mass is 262 g/mol. The van der Waals surface area contributed by atoms with E-state index in [1.54, 1.807) is 12.4 Å². The van der Waals surface area contributed by atoms with Crippen molar-refractivity contribution in [3.05, 3.63) is 40.5 Å². The van der Waals surface area contributed by atoms with Gasteiger partial charge in [-0.2, -0.15) is 0 Å². The van der Waals surface area contributed by atoms with Gasteiger partial charge in [-0.15, -0.1) is 0 Å². The average Bonchev–Trinajstić information content (AvgIpc) is 2.69. The molecule has 0 amide bonds. The number of imidazole rings is 1. The molecule has 3 rings (SSSR count). The van der Waals surface area contributed by atoms with Crippen LogP contribution in [-0.2, 0) is 19.4 Å². The lowest BCUT2D eigenvalue weighted by Gasteiger charge is -2.14. The van der Waals surface area contributed by atoms with Crippen molar-refractivity contribution in [1.82, 2.24) is 19.5 Å². The first-order valence-electron chi connectivity index (χ1n) is 6.25. The average molecular weight is 263 g/mol. The molecule has 2 aromatic rings. The first-order valence-corrected chi connectivity index (χ1v) is 6.63. The number of rotatable bonds is 2. The van der Waals surface area contributed by atoms with Crippen molar-refractivity contribution in [2.45, 2.75) is 39.2 Å². The van der Waals surface area contributed by atoms with Crippen LogP contribution in [0, 0.1) is 6.92 Å². The summed E-state index contributed by atoms with van der Waals surface area (Å²) in [6.45, 7) is 2.79. The maximum atomic E-state index is 5.75. The molecule has 94 valence electrons. The van der Waals surface area contributed by atoms with Gasteiger partial charge in [0.25, 0.3) is 0 Å². The fraction of sp³-hybridized carbons (Fsp3) is 0.462. The van der Waals surface area contributed by atoms with Crippen molar-refractivity contribution < 1.29 is 0 Å². The van der Waals surface area contributed by atoms with Crippen LogP contribution in [0.4, 0.5) is 0 Å². The van der Waals surface area contributed by atoms with Gasteiger partial charge in [0.05, 0.1) is 30.3 Å². The fourth-order valence-corrected chi connectivity index (χ4v) is 2.63. The number of hydrogen-bond donors (Lipinski definition) is 0. The molecule has 5 heteroatoms. The Bertz CT molecular complexity index is 559. The predicted octanol–water partition coefficient (Wildman–Crippen LogP) is 2.56. The number of hydrogen-bond acceptors (Lipinski definition) is 3. The lowest BCUT2D eigenvalue weighted by Crippen LogP contribution is -2.11. The second-order valence-corrected chi connectivity index (χ2v) is 5.06. The summed E-state index contributed by atoms with van der Waals surface area (Å²) in [7, 11) is 0. The zero-order valence-corrected chi connectivity index (χ0v) is 11.1. The van der Waals surface area contributed by atoms with Crippen LogP contribution in [0.15, 0.2) is 12.4 Å². The Labute approximate surface area is 111 Å². The van der Waals surface area contributed by atoms with E-state index in [0.717, 1.165) is 30.9 Å². The second-order valence-electron chi connectivity index (χ2n) is 4.68. The summed E-state index contributed by atoms with van der Waals surface area (Å²) in [4.78, 5) is 13.0. The quantitative estimate of drug-likeness (QED) is 0.835. The Morgan fingerprint density at radius 2 is 2.06 bits per heavy atom. The van der Waals surface area contributed by atoms with E-state index in [9.17, 15) is 0 Å². The van der Waals surface area contributed by atoms with Crippen molar-refractivity contribution in [2.75, 3.05) is 0 Å². The minimum atomic E-state index is 0.433. The van der Waals surface area contributed by atoms with E-state index in [1.165, 1.54) is 24.2 Å². The largest absolute Gasteiger partial charge is 0.326 e. The van der Waals surface area contributed by atoms with Gasteiger partial charge in [0, 0.05) is 5.69 Å². The minimum Gasteiger partial charge on any atom is -0.326 e. The third-order valence-electron chi connectivity index (χ3n) is 3.42. The number of fused-ring (bicyclic) bond motifs is 1. The molecule has 0 saturated heterocycles. The van der Waals surface area contributed by atoms with Crippen molar-refractivity contribution in [3.8, 4) is 0 Å². The lowest BCUT2D eigenvalue weighted by atomic mass is 10.0. The number of aryl methyl sites for hydroxylation is 2. The molecule has 0 bridgehead atoms. The molecule has 2 aromatic heterocycles. The van der Waals surface area contributed by atoms with Crippen molar-refractivity contribution in [1.29, 1.82) is 0 Å². The van der Waals surface area contributed by atoms with Crippen LogP contribution < -0.4 is 0 Å². The molecular weight excluding hydrogens is 248 g/mol. The van der Waals surface area contributed by atoms with Gasteiger partial charge in [0.1, 0.15) is 11.0 Å². The molecule has 0 unspecified atom stereocenters. The summed E-state index contributed by atoms with van der Waals surface area (Å²) in [5.41, 5.74) is 3.56. The molecule has 18 heavy (non-hydrogen) atoms. The van der Waals surface area contributed by atoms with Crippen LogP contribution in [0.5, 0.6) is 0 Å². The van der Waals surface area contributed by atoms with E-state index in [0.29, 0.717) is 5.15 Å². The number of nitrogens with zero attached hydrogens (tertiary/aromatic N) is 4. The normalized spacial score (nSPS) is 14.6. The van der Waals surface area contributed by atoms with Crippen LogP contribution in [0.2, 0.25) is 5.15 Å². The van der Waals surface area contributed by atoms with Gasteiger partial charge in [0.2, 0.25) is 0 Å². The van der Waals surface area contributed by atoms with Crippen LogP contribution in [0.1, 0.15) is 35.7 Å². The molecule has 4 nitrogen and oxygen atoms in total. The fourth-order valence-electron chi connectivity index (χ4n) is 2.53. The minimum absolute atomic E-state index is 0.433. The lowest BCUT2D eigenvalue weighted by molar-refractivity contribution is 0.619. The highest BCUT2D eigenvalue weighted by molar-refractivity contribution is 6.29. The zero-order chi connectivity index (χ0) is 12.5. The molecule has 0 aromatic carbocycles. The summed E-state index contributed by atoms with van der Waals surface area (Å²) >= 11 is 5.75. The molecule has 0 aliphatic heterocycles. The molecule has 0 radical (unpaired) electrons. The topological polar surface area (TPSA) is 43.6 Å².